The predicted octanol–water partition coefficient (Wildman–Crippen LogP) is 5.93. The Morgan fingerprint density at radius 3 is 2.63 bits per heavy atom. The smallest absolute Gasteiger partial charge is 0.123 e. The van der Waals surface area contributed by atoms with Crippen molar-refractivity contribution in [2.45, 2.75) is 44.0 Å². The number of hydrogen-bond donors (Lipinski definition) is 2. The summed E-state index contributed by atoms with van der Waals surface area (Å²) in [5.41, 5.74) is 2.93. The van der Waals surface area contributed by atoms with Gasteiger partial charge in [-0.2, -0.15) is 0 Å². The van der Waals surface area contributed by atoms with Crippen LogP contribution in [0.25, 0.3) is 10.4 Å². The summed E-state index contributed by atoms with van der Waals surface area (Å²) in [6.45, 7) is 2.00. The summed E-state index contributed by atoms with van der Waals surface area (Å²) in [6, 6.07) is 16.5. The molecule has 0 radical (unpaired) electrons. The topological polar surface area (TPSA) is 49.7 Å². The largest absolute Gasteiger partial charge is 0.394 e. The molecule has 0 bridgehead atoms. The van der Waals surface area contributed by atoms with Gasteiger partial charge in [-0.3, -0.25) is 0 Å². The van der Waals surface area contributed by atoms with E-state index in [-0.39, 0.29) is 30.5 Å². The molecule has 4 atom stereocenters. The molecule has 1 saturated heterocycles. The van der Waals surface area contributed by atoms with Crippen LogP contribution in [-0.4, -0.2) is 29.0 Å². The van der Waals surface area contributed by atoms with E-state index in [0.717, 1.165) is 26.4 Å². The molecule has 1 aliphatic rings. The Balaban J connectivity index is 1.59. The minimum atomic E-state index is -0.493. The van der Waals surface area contributed by atoms with E-state index in [4.69, 9.17) is 16.3 Å². The lowest BCUT2D eigenvalue weighted by atomic mass is 9.92. The van der Waals surface area contributed by atoms with Crippen LogP contribution in [0.15, 0.2) is 54.6 Å². The Morgan fingerprint density at radius 2 is 1.90 bits per heavy atom. The third-order valence-electron chi connectivity index (χ3n) is 5.62. The summed E-state index contributed by atoms with van der Waals surface area (Å²) in [6.07, 6.45) is -0.170. The second-order valence-electron chi connectivity index (χ2n) is 7.77. The van der Waals surface area contributed by atoms with E-state index in [9.17, 15) is 14.6 Å². The van der Waals surface area contributed by atoms with Crippen LogP contribution in [0.4, 0.5) is 4.39 Å². The molecular formula is C24H24ClFO3S. The first kappa shape index (κ1) is 21.5. The average Bonchev–Trinajstić information content (AvgIpc) is 3.24. The van der Waals surface area contributed by atoms with Crippen LogP contribution in [0.1, 0.15) is 47.8 Å². The third kappa shape index (κ3) is 4.61. The maximum atomic E-state index is 13.2. The molecule has 3 unspecified atom stereocenters. The Bertz CT molecular complexity index is 1000. The van der Waals surface area contributed by atoms with Crippen LogP contribution >= 0.6 is 22.9 Å². The Labute approximate surface area is 184 Å². The van der Waals surface area contributed by atoms with Gasteiger partial charge in [0.05, 0.1) is 24.9 Å². The molecule has 158 valence electrons. The molecule has 0 amide bonds. The van der Waals surface area contributed by atoms with E-state index in [1.807, 2.05) is 24.3 Å². The first-order valence-electron chi connectivity index (χ1n) is 10.0. The number of halogens is 2. The Hall–Kier alpha value is -1.76. The summed E-state index contributed by atoms with van der Waals surface area (Å²) < 4.78 is 19.2. The van der Waals surface area contributed by atoms with E-state index in [0.29, 0.717) is 17.9 Å². The first-order chi connectivity index (χ1) is 14.4. The fraction of sp³-hybridized carbons (Fsp3) is 0.333. The van der Waals surface area contributed by atoms with Crippen molar-refractivity contribution in [1.29, 1.82) is 0 Å². The lowest BCUT2D eigenvalue weighted by molar-refractivity contribution is -0.113. The zero-order valence-corrected chi connectivity index (χ0v) is 18.2. The predicted molar refractivity (Wildman–Crippen MR) is 119 cm³/mol. The van der Waals surface area contributed by atoms with Crippen LogP contribution in [0.3, 0.4) is 0 Å². The molecule has 1 aliphatic heterocycles. The molecule has 2 N–H and O–H groups in total. The van der Waals surface area contributed by atoms with Crippen molar-refractivity contribution in [1.82, 2.24) is 0 Å². The zero-order valence-electron chi connectivity index (χ0n) is 16.6. The SMILES string of the molecule is CC(c1ccc(-c2ccc(F)cc2)s1)c1cc([C@H]2CC(O)CC(CO)O2)ccc1Cl. The van der Waals surface area contributed by atoms with E-state index < -0.39 is 6.10 Å². The molecule has 3 aromatic rings. The Kier molecular flexibility index (Phi) is 6.56. The standard InChI is InChI=1S/C24H24ClFO3S/c1-14(23-8-9-24(30-23)15-2-5-17(26)6-3-15)20-10-16(4-7-21(20)25)22-12-18(28)11-19(13-27)29-22/h2-10,14,18-19,22,27-28H,11-13H2,1H3/t14?,18?,19?,22-/m1/s1. The quantitative estimate of drug-likeness (QED) is 0.510. The van der Waals surface area contributed by atoms with Crippen molar-refractivity contribution in [3.8, 4) is 10.4 Å². The Morgan fingerprint density at radius 1 is 1.13 bits per heavy atom. The van der Waals surface area contributed by atoms with Crippen molar-refractivity contribution in [3.63, 3.8) is 0 Å². The summed E-state index contributed by atoms with van der Waals surface area (Å²) >= 11 is 8.20. The van der Waals surface area contributed by atoms with Gasteiger partial charge in [-0.1, -0.05) is 42.8 Å². The van der Waals surface area contributed by atoms with Crippen molar-refractivity contribution < 1.29 is 19.3 Å². The summed E-state index contributed by atoms with van der Waals surface area (Å²) in [5.74, 6) is -0.176. The highest BCUT2D eigenvalue weighted by Gasteiger charge is 2.29. The maximum absolute atomic E-state index is 13.2. The number of thiophene rings is 1. The number of benzene rings is 2. The molecule has 2 heterocycles. The number of hydrogen-bond acceptors (Lipinski definition) is 4. The number of aliphatic hydroxyl groups is 2. The first-order valence-corrected chi connectivity index (χ1v) is 11.2. The molecule has 3 nitrogen and oxygen atoms in total. The van der Waals surface area contributed by atoms with Crippen molar-refractivity contribution in [3.05, 3.63) is 81.4 Å². The lowest BCUT2D eigenvalue weighted by Crippen LogP contribution is -2.33. The van der Waals surface area contributed by atoms with Gasteiger partial charge in [0.25, 0.3) is 0 Å². The minimum Gasteiger partial charge on any atom is -0.394 e. The zero-order chi connectivity index (χ0) is 21.3. The second-order valence-corrected chi connectivity index (χ2v) is 9.29. The molecule has 0 aliphatic carbocycles. The van der Waals surface area contributed by atoms with Gasteiger partial charge in [0.1, 0.15) is 5.82 Å². The van der Waals surface area contributed by atoms with E-state index in [1.165, 1.54) is 12.1 Å². The fourth-order valence-corrected chi connectivity index (χ4v) is 5.29. The average molecular weight is 447 g/mol. The van der Waals surface area contributed by atoms with Crippen LogP contribution < -0.4 is 0 Å². The third-order valence-corrected chi connectivity index (χ3v) is 7.28. The molecule has 0 saturated carbocycles. The molecule has 0 spiro atoms. The van der Waals surface area contributed by atoms with Crippen LogP contribution in [0.5, 0.6) is 0 Å². The number of ether oxygens (including phenoxy) is 1. The van der Waals surface area contributed by atoms with Gasteiger partial charge in [0.15, 0.2) is 0 Å². The monoisotopic (exact) mass is 446 g/mol. The molecule has 1 aromatic heterocycles. The fourth-order valence-electron chi connectivity index (χ4n) is 3.92. The normalized spacial score (nSPS) is 22.8. The van der Waals surface area contributed by atoms with Crippen LogP contribution in [0, 0.1) is 5.82 Å². The van der Waals surface area contributed by atoms with Crippen molar-refractivity contribution in [2.75, 3.05) is 6.61 Å². The lowest BCUT2D eigenvalue weighted by Gasteiger charge is -2.33. The van der Waals surface area contributed by atoms with Gasteiger partial charge in [-0.05, 0) is 47.0 Å². The van der Waals surface area contributed by atoms with Gasteiger partial charge >= 0.3 is 0 Å². The summed E-state index contributed by atoms with van der Waals surface area (Å²) in [5, 5.41) is 20.3. The molecule has 6 heteroatoms. The molecule has 1 fully saturated rings. The van der Waals surface area contributed by atoms with Gasteiger partial charge in [0, 0.05) is 33.5 Å². The summed E-state index contributed by atoms with van der Waals surface area (Å²) in [7, 11) is 0. The summed E-state index contributed by atoms with van der Waals surface area (Å²) in [4.78, 5) is 2.24. The highest BCUT2D eigenvalue weighted by molar-refractivity contribution is 7.15. The van der Waals surface area contributed by atoms with Crippen molar-refractivity contribution >= 4 is 22.9 Å². The van der Waals surface area contributed by atoms with Gasteiger partial charge in [0.2, 0.25) is 0 Å². The highest BCUT2D eigenvalue weighted by Crippen LogP contribution is 2.40. The maximum Gasteiger partial charge on any atom is 0.123 e. The van der Waals surface area contributed by atoms with Crippen molar-refractivity contribution in [2.24, 2.45) is 0 Å². The number of aliphatic hydroxyl groups excluding tert-OH is 2. The van der Waals surface area contributed by atoms with Gasteiger partial charge < -0.3 is 14.9 Å². The molecule has 2 aromatic carbocycles. The van der Waals surface area contributed by atoms with E-state index >= 15 is 0 Å². The molecular weight excluding hydrogens is 423 g/mol. The second kappa shape index (κ2) is 9.16. The molecule has 4 rings (SSSR count). The van der Waals surface area contributed by atoms with Gasteiger partial charge in [-0.15, -0.1) is 11.3 Å². The van der Waals surface area contributed by atoms with Crippen LogP contribution in [-0.2, 0) is 4.74 Å². The number of rotatable bonds is 5. The van der Waals surface area contributed by atoms with E-state index in [1.54, 1.807) is 23.5 Å². The van der Waals surface area contributed by atoms with E-state index in [2.05, 4.69) is 13.0 Å². The molecule has 30 heavy (non-hydrogen) atoms. The van der Waals surface area contributed by atoms with Crippen LogP contribution in [0.2, 0.25) is 5.02 Å². The van der Waals surface area contributed by atoms with Gasteiger partial charge in [-0.25, -0.2) is 4.39 Å². The minimum absolute atomic E-state index is 0.0683. The highest BCUT2D eigenvalue weighted by atomic mass is 35.5.